The van der Waals surface area contributed by atoms with Gasteiger partial charge in [0.2, 0.25) is 0 Å². The summed E-state index contributed by atoms with van der Waals surface area (Å²) < 4.78 is 2.62. The molecule has 0 radical (unpaired) electrons. The van der Waals surface area contributed by atoms with Crippen LogP contribution in [0.4, 0.5) is 17.1 Å². The monoisotopic (exact) mass is 553 g/mol. The lowest BCUT2D eigenvalue weighted by molar-refractivity contribution is 1.30. The third-order valence-electron chi connectivity index (χ3n) is 8.03. The zero-order valence-corrected chi connectivity index (χ0v) is 23.8. The fourth-order valence-corrected chi connectivity index (χ4v) is 7.37. The van der Waals surface area contributed by atoms with E-state index in [2.05, 4.69) is 169 Å². The molecule has 0 spiro atoms. The lowest BCUT2D eigenvalue weighted by atomic mass is 9.95. The molecule has 0 aliphatic heterocycles. The van der Waals surface area contributed by atoms with Gasteiger partial charge >= 0.3 is 0 Å². The number of fused-ring (bicyclic) bond motifs is 5. The van der Waals surface area contributed by atoms with E-state index >= 15 is 0 Å². The summed E-state index contributed by atoms with van der Waals surface area (Å²) in [5.74, 6) is 0. The molecule has 0 unspecified atom stereocenters. The summed E-state index contributed by atoms with van der Waals surface area (Å²) in [6.45, 7) is 0. The van der Waals surface area contributed by atoms with Gasteiger partial charge in [-0.3, -0.25) is 0 Å². The van der Waals surface area contributed by atoms with Gasteiger partial charge in [-0.15, -0.1) is 11.3 Å². The number of rotatable bonds is 5. The quantitative estimate of drug-likeness (QED) is 0.205. The van der Waals surface area contributed by atoms with Crippen molar-refractivity contribution in [2.45, 2.75) is 0 Å². The predicted octanol–water partition coefficient (Wildman–Crippen LogP) is 12.0. The first-order chi connectivity index (χ1) is 20.8. The standard InChI is InChI=1S/C40H27NS/c1-4-14-28(15-5-1)30-18-12-21-32(26-30)41(31-19-8-3-9-20-31)37-24-13-25-38-39(37)36-27-35(29-16-6-2-7-17-29)33-22-10-11-23-34(33)40(36)42-38/h1-27H. The van der Waals surface area contributed by atoms with Gasteiger partial charge in [-0.1, -0.05) is 121 Å². The van der Waals surface area contributed by atoms with Gasteiger partial charge in [0.05, 0.1) is 5.69 Å². The van der Waals surface area contributed by atoms with E-state index in [1.165, 1.54) is 58.9 Å². The highest BCUT2D eigenvalue weighted by molar-refractivity contribution is 7.26. The molecule has 2 heteroatoms. The Labute approximate surface area is 249 Å². The molecule has 0 saturated heterocycles. The molecule has 0 fully saturated rings. The fourth-order valence-electron chi connectivity index (χ4n) is 6.13. The predicted molar refractivity (Wildman–Crippen MR) is 182 cm³/mol. The summed E-state index contributed by atoms with van der Waals surface area (Å²) in [5.41, 5.74) is 8.38. The molecule has 8 aromatic rings. The molecule has 1 nitrogen and oxygen atoms in total. The van der Waals surface area contributed by atoms with E-state index in [1.807, 2.05) is 11.3 Å². The van der Waals surface area contributed by atoms with E-state index in [4.69, 9.17) is 0 Å². The molecule has 42 heavy (non-hydrogen) atoms. The van der Waals surface area contributed by atoms with Crippen molar-refractivity contribution in [3.8, 4) is 22.3 Å². The number of para-hydroxylation sites is 1. The van der Waals surface area contributed by atoms with Crippen molar-refractivity contribution in [3.05, 3.63) is 164 Å². The third kappa shape index (κ3) is 4.16. The minimum Gasteiger partial charge on any atom is -0.310 e. The molecule has 0 saturated carbocycles. The zero-order chi connectivity index (χ0) is 27.9. The number of benzene rings is 7. The summed E-state index contributed by atoms with van der Waals surface area (Å²) in [4.78, 5) is 2.41. The van der Waals surface area contributed by atoms with Crippen molar-refractivity contribution in [1.82, 2.24) is 0 Å². The molecule has 7 aromatic carbocycles. The summed E-state index contributed by atoms with van der Waals surface area (Å²) in [6, 6.07) is 59.0. The van der Waals surface area contributed by atoms with Crippen LogP contribution in [0.25, 0.3) is 53.2 Å². The summed E-state index contributed by atoms with van der Waals surface area (Å²) >= 11 is 1.89. The molecule has 0 N–H and O–H groups in total. The second-order valence-corrected chi connectivity index (χ2v) is 11.6. The molecule has 1 aromatic heterocycles. The number of thiophene rings is 1. The Balaban J connectivity index is 1.43. The largest absolute Gasteiger partial charge is 0.310 e. The Kier molecular flexibility index (Phi) is 6.05. The average Bonchev–Trinajstić information content (AvgIpc) is 3.46. The first-order valence-electron chi connectivity index (χ1n) is 14.3. The molecular formula is C40H27NS. The average molecular weight is 554 g/mol. The molecule has 198 valence electrons. The van der Waals surface area contributed by atoms with Gasteiger partial charge in [-0.25, -0.2) is 0 Å². The van der Waals surface area contributed by atoms with Gasteiger partial charge in [0.1, 0.15) is 0 Å². The number of nitrogens with zero attached hydrogens (tertiary/aromatic N) is 1. The topological polar surface area (TPSA) is 3.24 Å². The van der Waals surface area contributed by atoms with Gasteiger partial charge in [-0.2, -0.15) is 0 Å². The Bertz CT molecular complexity index is 2180. The number of hydrogen-bond acceptors (Lipinski definition) is 2. The normalized spacial score (nSPS) is 11.3. The Morgan fingerprint density at radius 1 is 0.405 bits per heavy atom. The van der Waals surface area contributed by atoms with Crippen molar-refractivity contribution in [1.29, 1.82) is 0 Å². The smallest absolute Gasteiger partial charge is 0.0554 e. The maximum Gasteiger partial charge on any atom is 0.0554 e. The van der Waals surface area contributed by atoms with Crippen molar-refractivity contribution in [2.75, 3.05) is 4.90 Å². The highest BCUT2D eigenvalue weighted by Crippen LogP contribution is 2.48. The van der Waals surface area contributed by atoms with Crippen LogP contribution in [0, 0.1) is 0 Å². The van der Waals surface area contributed by atoms with Crippen molar-refractivity contribution < 1.29 is 0 Å². The first-order valence-corrected chi connectivity index (χ1v) is 15.1. The van der Waals surface area contributed by atoms with Crippen molar-refractivity contribution in [3.63, 3.8) is 0 Å². The van der Waals surface area contributed by atoms with E-state index in [0.717, 1.165) is 11.4 Å². The zero-order valence-electron chi connectivity index (χ0n) is 22.9. The molecule has 1 heterocycles. The van der Waals surface area contributed by atoms with Crippen molar-refractivity contribution in [2.24, 2.45) is 0 Å². The minimum absolute atomic E-state index is 1.14. The maximum atomic E-state index is 2.42. The lowest BCUT2D eigenvalue weighted by Crippen LogP contribution is -2.10. The van der Waals surface area contributed by atoms with Crippen LogP contribution in [0.5, 0.6) is 0 Å². The maximum absolute atomic E-state index is 2.42. The summed E-state index contributed by atoms with van der Waals surface area (Å²) in [6.07, 6.45) is 0. The highest BCUT2D eigenvalue weighted by atomic mass is 32.1. The first kappa shape index (κ1) is 24.6. The SMILES string of the molecule is c1ccc(-c2cccc(N(c3ccccc3)c3cccc4sc5c6ccccc6c(-c6ccccc6)cc5c34)c2)cc1. The second-order valence-electron chi connectivity index (χ2n) is 10.6. The molecule has 0 bridgehead atoms. The van der Waals surface area contributed by atoms with E-state index in [-0.39, 0.29) is 0 Å². The minimum atomic E-state index is 1.14. The van der Waals surface area contributed by atoms with Crippen molar-refractivity contribution >= 4 is 59.3 Å². The van der Waals surface area contributed by atoms with E-state index in [1.54, 1.807) is 0 Å². The van der Waals surface area contributed by atoms with Crippen LogP contribution in [0.15, 0.2) is 164 Å². The van der Waals surface area contributed by atoms with Gasteiger partial charge in [0, 0.05) is 36.9 Å². The molecule has 0 amide bonds. The van der Waals surface area contributed by atoms with Crippen LogP contribution in [0.2, 0.25) is 0 Å². The van der Waals surface area contributed by atoms with E-state index < -0.39 is 0 Å². The third-order valence-corrected chi connectivity index (χ3v) is 9.24. The fraction of sp³-hybridized carbons (Fsp3) is 0. The van der Waals surface area contributed by atoms with Crippen LogP contribution >= 0.6 is 11.3 Å². The van der Waals surface area contributed by atoms with E-state index in [9.17, 15) is 0 Å². The van der Waals surface area contributed by atoms with Gasteiger partial charge < -0.3 is 4.90 Å². The molecule has 0 aliphatic rings. The number of anilines is 3. The number of hydrogen-bond donors (Lipinski definition) is 0. The highest BCUT2D eigenvalue weighted by Gasteiger charge is 2.20. The van der Waals surface area contributed by atoms with Crippen LogP contribution in [0.3, 0.4) is 0 Å². The molecular weight excluding hydrogens is 527 g/mol. The molecule has 0 aliphatic carbocycles. The lowest BCUT2D eigenvalue weighted by Gasteiger charge is -2.27. The summed E-state index contributed by atoms with van der Waals surface area (Å²) in [7, 11) is 0. The van der Waals surface area contributed by atoms with Gasteiger partial charge in [-0.05, 0) is 70.1 Å². The van der Waals surface area contributed by atoms with Crippen LogP contribution in [-0.4, -0.2) is 0 Å². The Morgan fingerprint density at radius 3 is 1.76 bits per heavy atom. The van der Waals surface area contributed by atoms with Crippen LogP contribution in [0.1, 0.15) is 0 Å². The molecule has 8 rings (SSSR count). The van der Waals surface area contributed by atoms with Gasteiger partial charge in [0.15, 0.2) is 0 Å². The van der Waals surface area contributed by atoms with Crippen LogP contribution < -0.4 is 4.90 Å². The van der Waals surface area contributed by atoms with Gasteiger partial charge in [0.25, 0.3) is 0 Å². The second kappa shape index (κ2) is 10.3. The Morgan fingerprint density at radius 2 is 1.00 bits per heavy atom. The molecule has 0 atom stereocenters. The van der Waals surface area contributed by atoms with E-state index in [0.29, 0.717) is 0 Å². The Hall–Kier alpha value is -5.18. The summed E-state index contributed by atoms with van der Waals surface area (Å²) in [5, 5.41) is 5.18. The van der Waals surface area contributed by atoms with Crippen LogP contribution in [-0.2, 0) is 0 Å².